The normalized spacial score (nSPS) is 10.9. The van der Waals surface area contributed by atoms with E-state index in [1.165, 1.54) is 11.3 Å². The molecule has 0 aromatic carbocycles. The molecule has 0 saturated heterocycles. The number of nitrogen functional groups attached to an aromatic ring is 1. The molecule has 0 aliphatic carbocycles. The number of carbonyl (C=O) groups is 1. The Balaban J connectivity index is 2.08. The van der Waals surface area contributed by atoms with Crippen molar-refractivity contribution in [1.82, 2.24) is 9.88 Å². The van der Waals surface area contributed by atoms with Crippen LogP contribution in [0.4, 0.5) is 5.69 Å². The summed E-state index contributed by atoms with van der Waals surface area (Å²) in [6, 6.07) is 3.70. The van der Waals surface area contributed by atoms with Crippen LogP contribution in [0.2, 0.25) is 0 Å². The van der Waals surface area contributed by atoms with Gasteiger partial charge in [0.15, 0.2) is 0 Å². The van der Waals surface area contributed by atoms with Gasteiger partial charge < -0.3 is 15.7 Å². The SMILES string of the molecule is CN(CCCCCO)C(=O)c1sc2ncccc2c1N. The van der Waals surface area contributed by atoms with Gasteiger partial charge in [0.25, 0.3) is 5.91 Å². The Bertz CT molecular complexity index is 597. The molecular formula is C14H19N3O2S. The molecule has 6 heteroatoms. The lowest BCUT2D eigenvalue weighted by atomic mass is 10.2. The van der Waals surface area contributed by atoms with E-state index >= 15 is 0 Å². The molecule has 2 aromatic rings. The number of nitrogens with two attached hydrogens (primary N) is 1. The lowest BCUT2D eigenvalue weighted by Gasteiger charge is -2.16. The highest BCUT2D eigenvalue weighted by molar-refractivity contribution is 7.21. The number of fused-ring (bicyclic) bond motifs is 1. The van der Waals surface area contributed by atoms with Crippen LogP contribution in [0.15, 0.2) is 18.3 Å². The molecular weight excluding hydrogens is 274 g/mol. The van der Waals surface area contributed by atoms with Gasteiger partial charge in [-0.1, -0.05) is 0 Å². The number of aliphatic hydroxyl groups is 1. The Morgan fingerprint density at radius 1 is 1.45 bits per heavy atom. The number of amides is 1. The van der Waals surface area contributed by atoms with Crippen molar-refractivity contribution in [3.05, 3.63) is 23.2 Å². The van der Waals surface area contributed by atoms with E-state index in [-0.39, 0.29) is 12.5 Å². The molecule has 2 aromatic heterocycles. The zero-order valence-corrected chi connectivity index (χ0v) is 12.3. The van der Waals surface area contributed by atoms with Crippen LogP contribution in [0.3, 0.4) is 0 Å². The van der Waals surface area contributed by atoms with Gasteiger partial charge in [-0.2, -0.15) is 0 Å². The summed E-state index contributed by atoms with van der Waals surface area (Å²) in [5.74, 6) is -0.0606. The Morgan fingerprint density at radius 3 is 2.95 bits per heavy atom. The lowest BCUT2D eigenvalue weighted by molar-refractivity contribution is 0.0798. The minimum atomic E-state index is -0.0606. The zero-order valence-electron chi connectivity index (χ0n) is 11.5. The van der Waals surface area contributed by atoms with Crippen LogP contribution in [0.1, 0.15) is 28.9 Å². The molecule has 0 saturated carbocycles. The second-order valence-electron chi connectivity index (χ2n) is 4.71. The fourth-order valence-corrected chi connectivity index (χ4v) is 3.08. The maximum atomic E-state index is 12.4. The summed E-state index contributed by atoms with van der Waals surface area (Å²) in [6.45, 7) is 0.868. The van der Waals surface area contributed by atoms with Crippen molar-refractivity contribution >= 4 is 33.1 Å². The average molecular weight is 293 g/mol. The number of aromatic nitrogens is 1. The number of carbonyl (C=O) groups excluding carboxylic acids is 1. The first kappa shape index (κ1) is 14.7. The summed E-state index contributed by atoms with van der Waals surface area (Å²) in [4.78, 5) is 19.6. The van der Waals surface area contributed by atoms with Gasteiger partial charge in [0.2, 0.25) is 0 Å². The molecule has 3 N–H and O–H groups in total. The van der Waals surface area contributed by atoms with E-state index in [0.717, 1.165) is 29.5 Å². The molecule has 0 spiro atoms. The summed E-state index contributed by atoms with van der Waals surface area (Å²) in [7, 11) is 1.78. The molecule has 0 aliphatic heterocycles. The predicted molar refractivity (Wildman–Crippen MR) is 81.9 cm³/mol. The Morgan fingerprint density at radius 2 is 2.25 bits per heavy atom. The van der Waals surface area contributed by atoms with Crippen molar-refractivity contribution in [1.29, 1.82) is 0 Å². The van der Waals surface area contributed by atoms with Gasteiger partial charge >= 0.3 is 0 Å². The topological polar surface area (TPSA) is 79.5 Å². The minimum Gasteiger partial charge on any atom is -0.397 e. The molecule has 108 valence electrons. The number of unbranched alkanes of at least 4 members (excludes halogenated alkanes) is 2. The number of nitrogens with zero attached hydrogens (tertiary/aromatic N) is 2. The van der Waals surface area contributed by atoms with Gasteiger partial charge in [-0.3, -0.25) is 4.79 Å². The standard InChI is InChI=1S/C14H19N3O2S/c1-17(8-3-2-4-9-18)14(19)12-11(15)10-6-5-7-16-13(10)20-12/h5-7,18H,2-4,8-9,15H2,1H3. The second-order valence-corrected chi connectivity index (χ2v) is 5.71. The molecule has 0 unspecified atom stereocenters. The van der Waals surface area contributed by atoms with Gasteiger partial charge in [0, 0.05) is 31.8 Å². The van der Waals surface area contributed by atoms with E-state index in [9.17, 15) is 4.79 Å². The van der Waals surface area contributed by atoms with Crippen LogP contribution in [0.5, 0.6) is 0 Å². The zero-order chi connectivity index (χ0) is 14.5. The molecule has 0 fully saturated rings. The van der Waals surface area contributed by atoms with Gasteiger partial charge in [-0.05, 0) is 31.4 Å². The Labute approximate surface area is 122 Å². The van der Waals surface area contributed by atoms with Crippen LogP contribution in [0.25, 0.3) is 10.2 Å². The van der Waals surface area contributed by atoms with Crippen molar-refractivity contribution < 1.29 is 9.90 Å². The van der Waals surface area contributed by atoms with Crippen LogP contribution in [-0.2, 0) is 0 Å². The van der Waals surface area contributed by atoms with Gasteiger partial charge in [-0.15, -0.1) is 11.3 Å². The summed E-state index contributed by atoms with van der Waals surface area (Å²) in [6.07, 6.45) is 4.27. The average Bonchev–Trinajstić information content (AvgIpc) is 2.80. The number of thiophene rings is 1. The first-order valence-electron chi connectivity index (χ1n) is 6.64. The van der Waals surface area contributed by atoms with E-state index < -0.39 is 0 Å². The number of anilines is 1. The van der Waals surface area contributed by atoms with Crippen LogP contribution in [-0.4, -0.2) is 41.1 Å². The first-order valence-corrected chi connectivity index (χ1v) is 7.46. The molecule has 5 nitrogen and oxygen atoms in total. The van der Waals surface area contributed by atoms with E-state index in [2.05, 4.69) is 4.98 Å². The van der Waals surface area contributed by atoms with Gasteiger partial charge in [-0.25, -0.2) is 4.98 Å². The molecule has 0 atom stereocenters. The smallest absolute Gasteiger partial charge is 0.265 e. The minimum absolute atomic E-state index is 0.0606. The molecule has 2 heterocycles. The summed E-state index contributed by atoms with van der Waals surface area (Å²) >= 11 is 1.34. The maximum absolute atomic E-state index is 12.4. The molecule has 0 aliphatic rings. The van der Waals surface area contributed by atoms with Gasteiger partial charge in [0.05, 0.1) is 5.69 Å². The lowest BCUT2D eigenvalue weighted by Crippen LogP contribution is -2.27. The molecule has 0 radical (unpaired) electrons. The Kier molecular flexibility index (Phi) is 4.92. The summed E-state index contributed by atoms with van der Waals surface area (Å²) in [5.41, 5.74) is 6.56. The number of pyridine rings is 1. The number of hydrogen-bond acceptors (Lipinski definition) is 5. The fraction of sp³-hybridized carbons (Fsp3) is 0.429. The van der Waals surface area contributed by atoms with Crippen molar-refractivity contribution in [2.75, 3.05) is 25.9 Å². The maximum Gasteiger partial charge on any atom is 0.265 e. The predicted octanol–water partition coefficient (Wildman–Crippen LogP) is 2.11. The fourth-order valence-electron chi connectivity index (χ4n) is 2.02. The van der Waals surface area contributed by atoms with Crippen molar-refractivity contribution in [2.45, 2.75) is 19.3 Å². The first-order chi connectivity index (χ1) is 9.65. The quantitative estimate of drug-likeness (QED) is 0.799. The van der Waals surface area contributed by atoms with Crippen LogP contribution < -0.4 is 5.73 Å². The van der Waals surface area contributed by atoms with Gasteiger partial charge in [0.1, 0.15) is 9.71 Å². The summed E-state index contributed by atoms with van der Waals surface area (Å²) < 4.78 is 0. The summed E-state index contributed by atoms with van der Waals surface area (Å²) in [5, 5.41) is 9.58. The monoisotopic (exact) mass is 293 g/mol. The third-order valence-corrected chi connectivity index (χ3v) is 4.31. The highest BCUT2D eigenvalue weighted by atomic mass is 32.1. The third-order valence-electron chi connectivity index (χ3n) is 3.20. The third kappa shape index (κ3) is 3.08. The number of hydrogen-bond donors (Lipinski definition) is 2. The largest absolute Gasteiger partial charge is 0.397 e. The molecule has 2 rings (SSSR count). The van der Waals surface area contributed by atoms with Crippen LogP contribution in [0, 0.1) is 0 Å². The molecule has 20 heavy (non-hydrogen) atoms. The van der Waals surface area contributed by atoms with Crippen molar-refractivity contribution in [3.8, 4) is 0 Å². The van der Waals surface area contributed by atoms with E-state index in [0.29, 0.717) is 17.1 Å². The van der Waals surface area contributed by atoms with E-state index in [1.54, 1.807) is 18.1 Å². The molecule has 0 bridgehead atoms. The second kappa shape index (κ2) is 6.67. The Hall–Kier alpha value is -1.66. The highest BCUT2D eigenvalue weighted by Gasteiger charge is 2.19. The van der Waals surface area contributed by atoms with Crippen LogP contribution >= 0.6 is 11.3 Å². The van der Waals surface area contributed by atoms with Crippen molar-refractivity contribution in [2.24, 2.45) is 0 Å². The van der Waals surface area contributed by atoms with Crippen molar-refractivity contribution in [3.63, 3.8) is 0 Å². The number of aliphatic hydroxyl groups excluding tert-OH is 1. The number of rotatable bonds is 6. The van der Waals surface area contributed by atoms with E-state index in [4.69, 9.17) is 10.8 Å². The van der Waals surface area contributed by atoms with E-state index in [1.807, 2.05) is 12.1 Å². The highest BCUT2D eigenvalue weighted by Crippen LogP contribution is 2.32. The molecule has 1 amide bonds.